The number of halogens is 13. The van der Waals surface area contributed by atoms with Crippen LogP contribution in [-0.4, -0.2) is 206 Å². The zero-order valence-electron chi connectivity index (χ0n) is 75.8. The van der Waals surface area contributed by atoms with Crippen molar-refractivity contribution in [1.29, 1.82) is 0 Å². The van der Waals surface area contributed by atoms with E-state index in [2.05, 4.69) is 14.2 Å². The van der Waals surface area contributed by atoms with Crippen LogP contribution in [0.2, 0.25) is 0 Å². The third kappa shape index (κ3) is 24.3. The topological polar surface area (TPSA) is 326 Å². The molecule has 128 heavy (non-hydrogen) atoms. The largest absolute Gasteiger partial charge is 0.464 e. The molecular formula is C94H139F13O21. The Hall–Kier alpha value is -4.90. The summed E-state index contributed by atoms with van der Waals surface area (Å²) in [4.78, 5) is 79.0. The van der Waals surface area contributed by atoms with Gasteiger partial charge in [-0.2, -0.15) is 48.3 Å². The van der Waals surface area contributed by atoms with E-state index < -0.39 is 111 Å². The fourth-order valence-corrected chi connectivity index (χ4v) is 29.1. The first-order chi connectivity index (χ1) is 58.7. The number of hydrogen-bond donors (Lipinski definition) is 7. The summed E-state index contributed by atoms with van der Waals surface area (Å²) in [6.45, 7) is 9.51. The second-order valence-corrected chi connectivity index (χ2v) is 46.4. The molecule has 0 heterocycles. The smallest absolute Gasteiger partial charge is 0.404 e. The van der Waals surface area contributed by atoms with Gasteiger partial charge in [0.25, 0.3) is 0 Å². The van der Waals surface area contributed by atoms with E-state index in [0.29, 0.717) is 124 Å². The van der Waals surface area contributed by atoms with Gasteiger partial charge in [-0.05, 0) is 354 Å². The summed E-state index contributed by atoms with van der Waals surface area (Å²) in [7, 11) is 0. The van der Waals surface area contributed by atoms with Gasteiger partial charge >= 0.3 is 71.7 Å². The highest BCUT2D eigenvalue weighted by Crippen LogP contribution is 2.67. The zero-order valence-corrected chi connectivity index (χ0v) is 75.8. The van der Waals surface area contributed by atoms with Crippen molar-refractivity contribution >= 4 is 41.8 Å². The molecule has 20 atom stereocenters. The van der Waals surface area contributed by atoms with Gasteiger partial charge in [-0.15, -0.1) is 0 Å². The highest BCUT2D eigenvalue weighted by atomic mass is 19.4. The molecule has 732 valence electrons. The van der Waals surface area contributed by atoms with Crippen molar-refractivity contribution in [3.8, 4) is 0 Å². The highest BCUT2D eigenvalue weighted by Gasteiger charge is 2.64. The minimum atomic E-state index is -4.62. The maximum atomic E-state index is 13.5. The average Bonchev–Trinajstić information content (AvgIpc) is 0.786. The van der Waals surface area contributed by atoms with E-state index in [-0.39, 0.29) is 122 Å². The van der Waals surface area contributed by atoms with E-state index in [1.54, 1.807) is 0 Å². The molecule has 0 spiro atoms. The van der Waals surface area contributed by atoms with Gasteiger partial charge in [0, 0.05) is 61.9 Å². The Kier molecular flexibility index (Phi) is 29.5. The Morgan fingerprint density at radius 1 is 0.297 bits per heavy atom. The predicted molar refractivity (Wildman–Crippen MR) is 433 cm³/mol. The number of hydrogen-bond acceptors (Lipinski definition) is 21. The monoisotopic (exact) mass is 1850 g/mol. The van der Waals surface area contributed by atoms with Gasteiger partial charge in [0.2, 0.25) is 11.3 Å². The maximum absolute atomic E-state index is 13.5. The Balaban J connectivity index is 0.000000136. The molecule has 0 aromatic carbocycles. The molecule has 34 heteroatoms. The predicted octanol–water partition coefficient (Wildman–Crippen LogP) is 16.2. The molecule has 22 bridgehead atoms. The minimum Gasteiger partial charge on any atom is -0.464 e. The van der Waals surface area contributed by atoms with Crippen LogP contribution in [0, 0.1) is 134 Å². The van der Waals surface area contributed by atoms with E-state index in [4.69, 9.17) is 18.9 Å². The molecule has 0 saturated heterocycles. The number of esters is 7. The number of alkyl halides is 13. The van der Waals surface area contributed by atoms with Gasteiger partial charge in [0.1, 0.15) is 0 Å². The summed E-state index contributed by atoms with van der Waals surface area (Å²) in [5.74, 6) is -15.8. The molecule has 21 nitrogen and oxygen atoms in total. The summed E-state index contributed by atoms with van der Waals surface area (Å²) in [6.07, 6.45) is 24.6. The van der Waals surface area contributed by atoms with Crippen molar-refractivity contribution < 1.29 is 160 Å². The number of aliphatic hydroxyl groups excluding tert-OH is 3. The Bertz CT molecular complexity index is 3690. The molecule has 22 aliphatic rings. The first-order valence-corrected chi connectivity index (χ1v) is 46.8. The molecule has 22 fully saturated rings. The van der Waals surface area contributed by atoms with E-state index in [9.17, 15) is 126 Å². The van der Waals surface area contributed by atoms with Crippen LogP contribution >= 0.6 is 0 Å². The van der Waals surface area contributed by atoms with Crippen molar-refractivity contribution in [2.24, 2.45) is 134 Å². The Morgan fingerprint density at radius 2 is 0.594 bits per heavy atom. The standard InChI is InChI=1S/C16H23F3O3.2C15H23FO3.C14H20F2O3.C12H18F2O3.2C11H16F2O3/c1-13(2,16(17,18)19)12(20)22-9-14-4-10-3-11(5-14)7-15(21,6-10)8-14;2*1-13(2,16)12(17)19-9-14-4-10-3-11(5-14)7-15(18,6-10)8-14;1-12(15,16)11(17)19-8-13-3-9-2-10(4-13)6-14(18,5-9)7-13;1-12(13,14)11(16)17-6-10-8-3-2-7(4-8)9(10)5-15;1-11(12,13)10(15)16-5-8-3-7-2-6(8)4-9(7)14;1-11(12,13)10(15)16-5-7-2-6-3-8(7)9(14)4-6/h10-11,21H,3-9H2,1-2H3;2*10-11,18H,3-9H2,1-2H3;9-10,18H,2-8H2,1H3;7-10,15H,2-6H2,1H3;2*6-9,14H,2-5H2,1H3. The summed E-state index contributed by atoms with van der Waals surface area (Å²) in [6, 6.07) is 0. The Labute approximate surface area is 741 Å². The number of carbonyl (C=O) groups excluding carboxylic acids is 7. The van der Waals surface area contributed by atoms with Gasteiger partial charge in [0.15, 0.2) is 5.41 Å². The third-order valence-corrected chi connectivity index (χ3v) is 32.9. The summed E-state index contributed by atoms with van der Waals surface area (Å²) < 4.78 is 201. The van der Waals surface area contributed by atoms with Crippen LogP contribution in [0.1, 0.15) is 281 Å². The number of ether oxygens (including phenoxy) is 7. The second-order valence-electron chi connectivity index (χ2n) is 46.4. The summed E-state index contributed by atoms with van der Waals surface area (Å²) in [5, 5.41) is 70.7. The SMILES string of the molecule is CC(C)(C(=O)OCC12CC3CC(CC(O)(C3)C1)C2)C(F)(F)F.CC(C)(F)C(=O)OCC12CC3CC(CC(O)(C3)C1)C2.CC(C)(F)C(=O)OCC12CC3CC(CC(O)(C3)C1)C2.CC(F)(F)C(=O)OCC12CC3CC(CC(O)(C3)C1)C2.CC(F)(F)C(=O)OCC1C2CCC(C2)C1CO.CC(F)(F)C(=O)OCC1CC2CC(O)C1C2.CC(F)(F)C(=O)OCC1CC2CC1CC2O. The lowest BCUT2D eigenvalue weighted by atomic mass is 9.48. The average molecular weight is 1850 g/mol. The van der Waals surface area contributed by atoms with Crippen molar-refractivity contribution in [2.45, 2.75) is 357 Å². The highest BCUT2D eigenvalue weighted by molar-refractivity contribution is 5.80. The van der Waals surface area contributed by atoms with Gasteiger partial charge in [0.05, 0.1) is 80.9 Å². The van der Waals surface area contributed by atoms with Crippen molar-refractivity contribution in [2.75, 3.05) is 52.9 Å². The van der Waals surface area contributed by atoms with Crippen LogP contribution in [-0.2, 0) is 66.7 Å². The molecule has 0 aliphatic heterocycles. The van der Waals surface area contributed by atoms with Crippen LogP contribution < -0.4 is 0 Å². The van der Waals surface area contributed by atoms with E-state index in [1.807, 2.05) is 0 Å². The number of carbonyl (C=O) groups is 7. The summed E-state index contributed by atoms with van der Waals surface area (Å²) >= 11 is 0. The lowest BCUT2D eigenvalue weighted by molar-refractivity contribution is -0.231. The molecule has 20 unspecified atom stereocenters. The molecule has 0 aromatic heterocycles. The molecule has 22 aliphatic carbocycles. The first-order valence-electron chi connectivity index (χ1n) is 46.8. The minimum absolute atomic E-state index is 0.000648. The molecular weight excluding hydrogens is 1710 g/mol. The van der Waals surface area contributed by atoms with Gasteiger partial charge in [-0.3, -0.25) is 4.79 Å². The number of aliphatic hydroxyl groups is 7. The third-order valence-electron chi connectivity index (χ3n) is 32.9. The fraction of sp³-hybridized carbons (Fsp3) is 0.926. The first kappa shape index (κ1) is 102. The molecule has 22 rings (SSSR count). The fourth-order valence-electron chi connectivity index (χ4n) is 29.1. The van der Waals surface area contributed by atoms with Gasteiger partial charge < -0.3 is 68.9 Å². The lowest BCUT2D eigenvalue weighted by Crippen LogP contribution is -2.57. The van der Waals surface area contributed by atoms with Crippen LogP contribution in [0.4, 0.5) is 57.1 Å². The van der Waals surface area contributed by atoms with Crippen LogP contribution in [0.15, 0.2) is 0 Å². The van der Waals surface area contributed by atoms with Crippen LogP contribution in [0.25, 0.3) is 0 Å². The number of fused-ring (bicyclic) bond motifs is 6. The molecule has 0 aromatic rings. The lowest BCUT2D eigenvalue weighted by Gasteiger charge is -2.60. The molecule has 0 amide bonds. The van der Waals surface area contributed by atoms with E-state index in [0.717, 1.165) is 187 Å². The second kappa shape index (κ2) is 37.0. The van der Waals surface area contributed by atoms with E-state index in [1.165, 1.54) is 40.5 Å². The maximum Gasteiger partial charge on any atom is 0.404 e. The molecule has 22 saturated carbocycles. The van der Waals surface area contributed by atoms with Crippen molar-refractivity contribution in [3.63, 3.8) is 0 Å². The van der Waals surface area contributed by atoms with Gasteiger partial charge in [-0.1, -0.05) is 0 Å². The van der Waals surface area contributed by atoms with Crippen molar-refractivity contribution in [3.05, 3.63) is 0 Å². The van der Waals surface area contributed by atoms with Crippen LogP contribution in [0.3, 0.4) is 0 Å². The van der Waals surface area contributed by atoms with Gasteiger partial charge in [-0.25, -0.2) is 37.5 Å². The zero-order chi connectivity index (χ0) is 94.5. The molecule has 7 N–H and O–H groups in total. The Morgan fingerprint density at radius 3 is 0.867 bits per heavy atom. The van der Waals surface area contributed by atoms with Crippen LogP contribution in [0.5, 0.6) is 0 Å². The van der Waals surface area contributed by atoms with E-state index >= 15 is 0 Å². The number of rotatable bonds is 22. The molecule has 0 radical (unpaired) electrons. The quantitative estimate of drug-likeness (QED) is 0.0301. The normalized spacial score (nSPS) is 41.0. The van der Waals surface area contributed by atoms with Crippen molar-refractivity contribution in [1.82, 2.24) is 0 Å². The summed E-state index contributed by atoms with van der Waals surface area (Å²) in [5.41, 5.74) is -9.59.